The van der Waals surface area contributed by atoms with Crippen molar-refractivity contribution in [3.8, 4) is 5.75 Å². The second-order valence-corrected chi connectivity index (χ2v) is 12.6. The summed E-state index contributed by atoms with van der Waals surface area (Å²) in [6.07, 6.45) is 0. The smallest absolute Gasteiger partial charge is 0.284 e. The molecule has 0 radical (unpaired) electrons. The number of thiocarbonyl (C=S) groups is 1. The van der Waals surface area contributed by atoms with Gasteiger partial charge in [0.2, 0.25) is 0 Å². The number of carbonyl (C=O) groups excluding carboxylic acids is 1. The summed E-state index contributed by atoms with van der Waals surface area (Å²) < 4.78 is 8.26. The van der Waals surface area contributed by atoms with Crippen LogP contribution >= 0.6 is 35.3 Å². The van der Waals surface area contributed by atoms with Crippen molar-refractivity contribution in [3.05, 3.63) is 134 Å². The van der Waals surface area contributed by atoms with Gasteiger partial charge in [-0.2, -0.15) is 0 Å². The van der Waals surface area contributed by atoms with Gasteiger partial charge in [-0.15, -0.1) is 11.3 Å². The first-order valence-electron chi connectivity index (χ1n) is 13.9. The predicted molar refractivity (Wildman–Crippen MR) is 183 cm³/mol. The van der Waals surface area contributed by atoms with E-state index in [0.29, 0.717) is 32.2 Å². The van der Waals surface area contributed by atoms with Gasteiger partial charge < -0.3 is 9.64 Å². The van der Waals surface area contributed by atoms with E-state index >= 15 is 0 Å². The van der Waals surface area contributed by atoms with Crippen molar-refractivity contribution >= 4 is 74.1 Å². The lowest BCUT2D eigenvalue weighted by atomic mass is 10.2. The number of hydrogen-bond acceptors (Lipinski definition) is 7. The Hall–Kier alpha value is -4.64. The first kappa shape index (κ1) is 28.1. The van der Waals surface area contributed by atoms with Crippen LogP contribution in [0.4, 0.5) is 17.1 Å². The van der Waals surface area contributed by atoms with Gasteiger partial charge in [-0.3, -0.25) is 24.0 Å². The van der Waals surface area contributed by atoms with Crippen LogP contribution in [-0.2, 0) is 11.3 Å². The third kappa shape index (κ3) is 4.71. The van der Waals surface area contributed by atoms with Gasteiger partial charge in [0.25, 0.3) is 11.5 Å². The van der Waals surface area contributed by atoms with Crippen LogP contribution in [0.1, 0.15) is 5.56 Å². The van der Waals surface area contributed by atoms with Gasteiger partial charge in [0.05, 0.1) is 25.0 Å². The minimum Gasteiger partial charge on any atom is -0.497 e. The molecule has 0 spiro atoms. The average Bonchev–Trinajstić information content (AvgIpc) is 3.65. The topological polar surface area (TPSA) is 58.0 Å². The molecule has 2 aliphatic heterocycles. The zero-order valence-corrected chi connectivity index (χ0v) is 26.3. The van der Waals surface area contributed by atoms with E-state index in [-0.39, 0.29) is 11.5 Å². The summed E-state index contributed by atoms with van der Waals surface area (Å²) in [5.74, 6) is 0.455. The molecule has 0 aliphatic carbocycles. The molecule has 7 rings (SSSR count). The average molecular weight is 635 g/mol. The van der Waals surface area contributed by atoms with Crippen molar-refractivity contribution in [3.63, 3.8) is 0 Å². The van der Waals surface area contributed by atoms with E-state index < -0.39 is 0 Å². The Balaban J connectivity index is 1.53. The zero-order valence-electron chi connectivity index (χ0n) is 23.8. The number of ether oxygens (including phenoxy) is 1. The SMILES string of the molecule is COc1ccc2c(c1)N(C)/C(=c1/s/c(=C3/C(=O)N(c4ccccc4)C(=S)N3c3ccccc3)n(Cc3ccccc3)c1=O)S2. The molecule has 218 valence electrons. The monoisotopic (exact) mass is 634 g/mol. The molecule has 1 saturated heterocycles. The summed E-state index contributed by atoms with van der Waals surface area (Å²) in [7, 11) is 3.59. The predicted octanol–water partition coefficient (Wildman–Crippen LogP) is 5.22. The second kappa shape index (κ2) is 11.5. The molecule has 2 aliphatic rings. The van der Waals surface area contributed by atoms with Crippen LogP contribution in [0.5, 0.6) is 5.75 Å². The number of para-hydroxylation sites is 2. The second-order valence-electron chi connectivity index (χ2n) is 10.2. The number of benzene rings is 4. The van der Waals surface area contributed by atoms with Gasteiger partial charge in [0, 0.05) is 23.7 Å². The van der Waals surface area contributed by atoms with Crippen LogP contribution in [0, 0.1) is 0 Å². The molecule has 44 heavy (non-hydrogen) atoms. The fraction of sp³-hybridized carbons (Fsp3) is 0.0882. The van der Waals surface area contributed by atoms with Crippen LogP contribution in [0.25, 0.3) is 10.7 Å². The van der Waals surface area contributed by atoms with E-state index in [1.54, 1.807) is 21.5 Å². The lowest BCUT2D eigenvalue weighted by molar-refractivity contribution is -0.112. The van der Waals surface area contributed by atoms with Crippen molar-refractivity contribution in [1.82, 2.24) is 4.57 Å². The fourth-order valence-corrected chi connectivity index (χ4v) is 8.22. The molecular weight excluding hydrogens is 609 g/mol. The van der Waals surface area contributed by atoms with Crippen molar-refractivity contribution in [2.45, 2.75) is 11.4 Å². The molecule has 0 unspecified atom stereocenters. The minimum atomic E-state index is -0.287. The molecule has 1 fully saturated rings. The van der Waals surface area contributed by atoms with Crippen molar-refractivity contribution in [2.75, 3.05) is 28.9 Å². The van der Waals surface area contributed by atoms with Gasteiger partial charge >= 0.3 is 0 Å². The number of methoxy groups -OCH3 is 1. The Morgan fingerprint density at radius 1 is 0.795 bits per heavy atom. The fourth-order valence-electron chi connectivity index (χ4n) is 5.38. The maximum Gasteiger partial charge on any atom is 0.284 e. The Kier molecular flexibility index (Phi) is 7.33. The number of nitrogens with zero attached hydrogens (tertiary/aromatic N) is 4. The number of rotatable bonds is 5. The molecule has 7 nitrogen and oxygen atoms in total. The standard InChI is InChI=1S/C34H26N4O3S3/c1-35-26-20-25(41-2)18-19-27(26)43-33(35)29-31(40)36(21-22-12-6-3-7-13-22)32(44-29)28-30(39)38(24-16-10-5-11-17-24)34(42)37(28)23-14-8-4-9-15-23/h3-20H,21H2,1-2H3/b32-28-,33-29-. The molecule has 10 heteroatoms. The highest BCUT2D eigenvalue weighted by Crippen LogP contribution is 2.46. The maximum atomic E-state index is 14.5. The number of amides is 1. The maximum absolute atomic E-state index is 14.5. The number of aromatic nitrogens is 1. The molecule has 3 heterocycles. The molecule has 0 atom stereocenters. The first-order chi connectivity index (χ1) is 21.5. The molecule has 5 aromatic rings. The summed E-state index contributed by atoms with van der Waals surface area (Å²) in [6, 6.07) is 34.6. The van der Waals surface area contributed by atoms with E-state index in [1.165, 1.54) is 23.1 Å². The highest BCUT2D eigenvalue weighted by atomic mass is 32.2. The highest BCUT2D eigenvalue weighted by molar-refractivity contribution is 8.08. The quantitative estimate of drug-likeness (QED) is 0.246. The van der Waals surface area contributed by atoms with Crippen molar-refractivity contribution in [2.24, 2.45) is 0 Å². The molecule has 1 amide bonds. The summed E-state index contributed by atoms with van der Waals surface area (Å²) >= 11 is 8.84. The van der Waals surface area contributed by atoms with Crippen LogP contribution < -0.4 is 34.2 Å². The van der Waals surface area contributed by atoms with E-state index in [4.69, 9.17) is 17.0 Å². The van der Waals surface area contributed by atoms with Crippen molar-refractivity contribution < 1.29 is 9.53 Å². The summed E-state index contributed by atoms with van der Waals surface area (Å²) in [6.45, 7) is 0.297. The third-order valence-electron chi connectivity index (χ3n) is 7.54. The van der Waals surface area contributed by atoms with Gasteiger partial charge in [-0.25, -0.2) is 0 Å². The number of thiazole rings is 1. The minimum absolute atomic E-state index is 0.166. The lowest BCUT2D eigenvalue weighted by Crippen LogP contribution is -2.36. The molecule has 0 saturated carbocycles. The summed E-state index contributed by atoms with van der Waals surface area (Å²) in [5, 5.41) is 1.13. The van der Waals surface area contributed by atoms with Crippen molar-refractivity contribution in [1.29, 1.82) is 0 Å². The van der Waals surface area contributed by atoms with E-state index in [0.717, 1.165) is 32.6 Å². The number of anilines is 3. The molecule has 1 aromatic heterocycles. The Labute approximate surface area is 267 Å². The zero-order chi connectivity index (χ0) is 30.4. The lowest BCUT2D eigenvalue weighted by Gasteiger charge is -2.20. The normalized spacial score (nSPS) is 17.0. The van der Waals surface area contributed by atoms with E-state index in [2.05, 4.69) is 0 Å². The number of hydrogen-bond donors (Lipinski definition) is 0. The Morgan fingerprint density at radius 2 is 1.41 bits per heavy atom. The Morgan fingerprint density at radius 3 is 2.05 bits per heavy atom. The van der Waals surface area contributed by atoms with Crippen LogP contribution in [0.3, 0.4) is 0 Å². The Bertz CT molecular complexity index is 2090. The third-order valence-corrected chi connectivity index (χ3v) is 10.5. The van der Waals surface area contributed by atoms with E-state index in [9.17, 15) is 9.59 Å². The van der Waals surface area contributed by atoms with E-state index in [1.807, 2.05) is 121 Å². The van der Waals surface area contributed by atoms with Gasteiger partial charge in [0.15, 0.2) is 5.11 Å². The summed E-state index contributed by atoms with van der Waals surface area (Å²) in [4.78, 5) is 35.3. The number of fused-ring (bicyclic) bond motifs is 1. The summed E-state index contributed by atoms with van der Waals surface area (Å²) in [5.41, 5.74) is 3.50. The number of carbonyl (C=O) groups is 1. The molecule has 0 N–H and O–H groups in total. The van der Waals surface area contributed by atoms with Crippen LogP contribution in [0.15, 0.2) is 119 Å². The van der Waals surface area contributed by atoms with Crippen LogP contribution in [-0.4, -0.2) is 29.7 Å². The highest BCUT2D eigenvalue weighted by Gasteiger charge is 2.42. The van der Waals surface area contributed by atoms with Crippen LogP contribution in [0.2, 0.25) is 0 Å². The number of thioether (sulfide) groups is 1. The molecular formula is C34H26N4O3S3. The van der Waals surface area contributed by atoms with Gasteiger partial charge in [0.1, 0.15) is 25.7 Å². The van der Waals surface area contributed by atoms with Gasteiger partial charge in [-0.05, 0) is 54.2 Å². The molecule has 4 aromatic carbocycles. The van der Waals surface area contributed by atoms with Gasteiger partial charge in [-0.1, -0.05) is 78.5 Å². The molecule has 0 bridgehead atoms. The first-order valence-corrected chi connectivity index (χ1v) is 15.9. The largest absolute Gasteiger partial charge is 0.497 e.